The molecule has 0 aromatic carbocycles. The van der Waals surface area contributed by atoms with Gasteiger partial charge in [-0.3, -0.25) is 9.69 Å². The minimum absolute atomic E-state index is 0.0944. The van der Waals surface area contributed by atoms with Crippen molar-refractivity contribution in [2.45, 2.75) is 117 Å². The fraction of sp³-hybridized carbons (Fsp3) is 0.704. The van der Waals surface area contributed by atoms with E-state index in [0.29, 0.717) is 23.5 Å². The lowest BCUT2D eigenvalue weighted by molar-refractivity contribution is -0.123. The van der Waals surface area contributed by atoms with Crippen LogP contribution in [0.25, 0.3) is 0 Å². The first-order chi connectivity index (χ1) is 17.1. The summed E-state index contributed by atoms with van der Waals surface area (Å²) in [5.41, 5.74) is 6.27. The molecule has 0 saturated carbocycles. The summed E-state index contributed by atoms with van der Waals surface area (Å²) in [5, 5.41) is 9.78. The zero-order valence-corrected chi connectivity index (χ0v) is 24.3. The van der Waals surface area contributed by atoms with Gasteiger partial charge in [0.25, 0.3) is 0 Å². The summed E-state index contributed by atoms with van der Waals surface area (Å²) in [5.74, 6) is 0.121. The van der Waals surface area contributed by atoms with Gasteiger partial charge in [0.15, 0.2) is 5.78 Å². The molecule has 1 aromatic rings. The number of anilines is 1. The second-order valence-electron chi connectivity index (χ2n) is 11.5. The first-order valence-corrected chi connectivity index (χ1v) is 13.7. The van der Waals surface area contributed by atoms with Crippen LogP contribution < -0.4 is 5.73 Å². The lowest BCUT2D eigenvalue weighted by atomic mass is 9.98. The maximum Gasteiger partial charge on any atom is 0.410 e. The van der Waals surface area contributed by atoms with Crippen molar-refractivity contribution in [3.05, 3.63) is 16.0 Å². The summed E-state index contributed by atoms with van der Waals surface area (Å²) < 4.78 is 10.8. The van der Waals surface area contributed by atoms with E-state index in [1.165, 1.54) is 11.3 Å². The molecule has 3 rings (SSSR count). The van der Waals surface area contributed by atoms with Gasteiger partial charge < -0.3 is 20.1 Å². The first-order valence-electron chi connectivity index (χ1n) is 12.9. The van der Waals surface area contributed by atoms with Crippen molar-refractivity contribution in [2.75, 3.05) is 12.3 Å². The molecule has 9 nitrogen and oxygen atoms in total. The molecule has 0 bridgehead atoms. The number of thiophene rings is 1. The Morgan fingerprint density at radius 1 is 1.00 bits per heavy atom. The molecule has 0 spiro atoms. The molecule has 2 aliphatic heterocycles. The predicted octanol–water partition coefficient (Wildman–Crippen LogP) is 5.64. The highest BCUT2D eigenvalue weighted by Crippen LogP contribution is 2.37. The minimum Gasteiger partial charge on any atom is -0.444 e. The zero-order chi connectivity index (χ0) is 28.1. The highest BCUT2D eigenvalue weighted by Gasteiger charge is 2.35. The third kappa shape index (κ3) is 8.35. The van der Waals surface area contributed by atoms with Crippen LogP contribution in [0.15, 0.2) is 0 Å². The minimum atomic E-state index is -0.526. The molecular weight excluding hydrogens is 492 g/mol. The number of carbonyl (C=O) groups is 3. The highest BCUT2D eigenvalue weighted by atomic mass is 32.1. The largest absolute Gasteiger partial charge is 0.444 e. The van der Waals surface area contributed by atoms with E-state index in [1.807, 2.05) is 48.5 Å². The van der Waals surface area contributed by atoms with Crippen molar-refractivity contribution < 1.29 is 23.9 Å². The molecule has 0 aliphatic carbocycles. The third-order valence-electron chi connectivity index (χ3n) is 6.16. The van der Waals surface area contributed by atoms with E-state index in [0.717, 1.165) is 36.1 Å². The van der Waals surface area contributed by atoms with Crippen molar-refractivity contribution >= 4 is 34.3 Å². The molecule has 1 saturated heterocycles. The maximum atomic E-state index is 12.4. The average Bonchev–Trinajstić information content (AvgIpc) is 3.09. The van der Waals surface area contributed by atoms with Crippen LogP contribution in [-0.2, 0) is 27.2 Å². The van der Waals surface area contributed by atoms with Crippen LogP contribution in [0.4, 0.5) is 14.6 Å². The monoisotopic (exact) mass is 534 g/mol. The number of nitrogens with two attached hydrogens (primary N) is 1. The van der Waals surface area contributed by atoms with Gasteiger partial charge in [0.2, 0.25) is 0 Å². The van der Waals surface area contributed by atoms with Gasteiger partial charge in [-0.25, -0.2) is 9.59 Å². The van der Waals surface area contributed by atoms with E-state index in [-0.39, 0.29) is 36.6 Å². The lowest BCUT2D eigenvalue weighted by Crippen LogP contribution is -2.48. The second-order valence-corrected chi connectivity index (χ2v) is 12.6. The quantitative estimate of drug-likeness (QED) is 0.520. The average molecular weight is 535 g/mol. The fourth-order valence-electron chi connectivity index (χ4n) is 4.35. The van der Waals surface area contributed by atoms with Crippen molar-refractivity contribution in [2.24, 2.45) is 0 Å². The van der Waals surface area contributed by atoms with Gasteiger partial charge in [-0.15, -0.1) is 11.3 Å². The van der Waals surface area contributed by atoms with E-state index in [2.05, 4.69) is 13.0 Å². The molecule has 2 unspecified atom stereocenters. The predicted molar refractivity (Wildman–Crippen MR) is 144 cm³/mol. The van der Waals surface area contributed by atoms with Crippen molar-refractivity contribution in [1.29, 1.82) is 5.26 Å². The highest BCUT2D eigenvalue weighted by molar-refractivity contribution is 7.16. The SMILES string of the molecule is CCC1CCC(=O)CN1C(=O)OC(C)(C)C.CCC1Cc2sc(N)c(C#N)c2CN1C(=O)OC(C)(C)C. The molecular formula is C27H42N4O5S. The smallest absolute Gasteiger partial charge is 0.410 e. The van der Waals surface area contributed by atoms with Gasteiger partial charge in [0.05, 0.1) is 18.7 Å². The first kappa shape index (κ1) is 30.4. The summed E-state index contributed by atoms with van der Waals surface area (Å²) in [6.07, 6.45) is 3.10. The van der Waals surface area contributed by atoms with E-state index >= 15 is 0 Å². The van der Waals surface area contributed by atoms with Gasteiger partial charge in [-0.1, -0.05) is 13.8 Å². The van der Waals surface area contributed by atoms with Crippen LogP contribution in [0.2, 0.25) is 0 Å². The number of amides is 2. The molecule has 0 radical (unpaired) electrons. The van der Waals surface area contributed by atoms with E-state index in [4.69, 9.17) is 15.2 Å². The topological polar surface area (TPSA) is 126 Å². The third-order valence-corrected chi connectivity index (χ3v) is 7.25. The second kappa shape index (κ2) is 12.2. The Morgan fingerprint density at radius 3 is 1.97 bits per heavy atom. The van der Waals surface area contributed by atoms with Gasteiger partial charge in [-0.05, 0) is 60.8 Å². The van der Waals surface area contributed by atoms with Crippen LogP contribution in [0, 0.1) is 11.3 Å². The molecule has 2 aliphatic rings. The molecule has 10 heteroatoms. The Hall–Kier alpha value is -2.80. The van der Waals surface area contributed by atoms with Crippen LogP contribution >= 0.6 is 11.3 Å². The number of piperidine rings is 1. The number of likely N-dealkylation sites (tertiary alicyclic amines) is 1. The van der Waals surface area contributed by atoms with Crippen LogP contribution in [-0.4, -0.2) is 57.6 Å². The number of ether oxygens (including phenoxy) is 2. The molecule has 3 heterocycles. The summed E-state index contributed by atoms with van der Waals surface area (Å²) in [6.45, 7) is 15.7. The number of hydrogen-bond donors (Lipinski definition) is 1. The van der Waals surface area contributed by atoms with Crippen LogP contribution in [0.3, 0.4) is 0 Å². The van der Waals surface area contributed by atoms with Gasteiger partial charge >= 0.3 is 12.2 Å². The number of fused-ring (bicyclic) bond motifs is 1. The Balaban J connectivity index is 0.000000271. The zero-order valence-electron chi connectivity index (χ0n) is 23.5. The molecule has 206 valence electrons. The number of nitrogens with zero attached hydrogens (tertiary/aromatic N) is 3. The number of ketones is 1. The van der Waals surface area contributed by atoms with Gasteiger partial charge in [0.1, 0.15) is 22.3 Å². The molecule has 2 N–H and O–H groups in total. The Morgan fingerprint density at radius 2 is 1.51 bits per heavy atom. The molecule has 37 heavy (non-hydrogen) atoms. The Bertz CT molecular complexity index is 1030. The summed E-state index contributed by atoms with van der Waals surface area (Å²) in [7, 11) is 0. The standard InChI is InChI=1S/C15H21N3O2S.C12H21NO3/c1-5-9-6-12-11(10(7-16)13(17)21-12)8-18(9)14(19)20-15(2,3)4;1-5-9-6-7-10(14)8-13(9)11(15)16-12(2,3)4/h9H,5-6,8,17H2,1-4H3;9H,5-8H2,1-4H3. The van der Waals surface area contributed by atoms with E-state index in [1.54, 1.807) is 9.80 Å². The molecule has 1 fully saturated rings. The fourth-order valence-corrected chi connectivity index (χ4v) is 5.45. The normalized spacial score (nSPS) is 19.8. The van der Waals surface area contributed by atoms with Crippen molar-refractivity contribution in [3.63, 3.8) is 0 Å². The Labute approximate surface area is 224 Å². The molecule has 2 amide bonds. The summed E-state index contributed by atoms with van der Waals surface area (Å²) in [6, 6.07) is 2.39. The lowest BCUT2D eigenvalue weighted by Gasteiger charge is -2.36. The van der Waals surface area contributed by atoms with E-state index in [9.17, 15) is 19.6 Å². The summed E-state index contributed by atoms with van der Waals surface area (Å²) in [4.78, 5) is 40.0. The van der Waals surface area contributed by atoms with Crippen molar-refractivity contribution in [1.82, 2.24) is 9.80 Å². The molecule has 1 aromatic heterocycles. The van der Waals surface area contributed by atoms with Gasteiger partial charge in [-0.2, -0.15) is 5.26 Å². The number of hydrogen-bond acceptors (Lipinski definition) is 8. The summed E-state index contributed by atoms with van der Waals surface area (Å²) >= 11 is 1.46. The number of carbonyl (C=O) groups excluding carboxylic acids is 3. The maximum absolute atomic E-state index is 12.4. The number of Topliss-reactive ketones (excluding diaryl/α,β-unsaturated/α-hetero) is 1. The van der Waals surface area contributed by atoms with Crippen LogP contribution in [0.5, 0.6) is 0 Å². The van der Waals surface area contributed by atoms with Crippen LogP contribution in [0.1, 0.15) is 97.1 Å². The Kier molecular flexibility index (Phi) is 10.0. The van der Waals surface area contributed by atoms with E-state index < -0.39 is 11.2 Å². The number of nitrogen functional groups attached to an aromatic ring is 1. The number of nitriles is 1. The number of rotatable bonds is 2. The van der Waals surface area contributed by atoms with Crippen molar-refractivity contribution in [3.8, 4) is 6.07 Å². The van der Waals surface area contributed by atoms with Gasteiger partial charge in [0, 0.05) is 35.4 Å². The molecule has 2 atom stereocenters.